The molecule has 0 amide bonds. The Morgan fingerprint density at radius 2 is 1.94 bits per heavy atom. The van der Waals surface area contributed by atoms with Gasteiger partial charge in [-0.3, -0.25) is 9.78 Å². The molecule has 2 atom stereocenters. The number of carbonyl (C=O) groups is 1. The van der Waals surface area contributed by atoms with Gasteiger partial charge in [-0.25, -0.2) is 0 Å². The van der Waals surface area contributed by atoms with Crippen LogP contribution in [0.25, 0.3) is 5.69 Å². The van der Waals surface area contributed by atoms with Crippen LogP contribution in [0.15, 0.2) is 67.0 Å². The Balaban J connectivity index is 1.74. The van der Waals surface area contributed by atoms with Gasteiger partial charge in [-0.1, -0.05) is 6.07 Å². The van der Waals surface area contributed by atoms with Crippen molar-refractivity contribution in [3.63, 3.8) is 0 Å². The molecule has 0 aliphatic carbocycles. The van der Waals surface area contributed by atoms with E-state index < -0.39 is 0 Å². The van der Waals surface area contributed by atoms with Crippen LogP contribution in [0.2, 0.25) is 0 Å². The normalized spacial score (nSPS) is 17.8. The lowest BCUT2D eigenvalue weighted by Crippen LogP contribution is -2.32. The Morgan fingerprint density at radius 1 is 1.16 bits per heavy atom. The van der Waals surface area contributed by atoms with E-state index in [4.69, 9.17) is 17.0 Å². The maximum Gasteiger partial charge on any atom is 0.307 e. The van der Waals surface area contributed by atoms with E-state index >= 15 is 0 Å². The zero-order valence-corrected chi connectivity index (χ0v) is 19.2. The Kier molecular flexibility index (Phi) is 6.41. The molecule has 0 radical (unpaired) electrons. The minimum Gasteiger partial charge on any atom is -0.469 e. The molecule has 7 nitrogen and oxygen atoms in total. The summed E-state index contributed by atoms with van der Waals surface area (Å²) in [5, 5.41) is 4.03. The second-order valence-electron chi connectivity index (χ2n) is 7.86. The van der Waals surface area contributed by atoms with Gasteiger partial charge in [0.15, 0.2) is 5.11 Å². The predicted molar refractivity (Wildman–Crippen MR) is 129 cm³/mol. The molecular formula is C24H27N5O2S. The average Bonchev–Trinajstić information content (AvgIpc) is 3.42. The first kappa shape index (κ1) is 21.8. The maximum atomic E-state index is 11.9. The molecular weight excluding hydrogens is 422 g/mol. The van der Waals surface area contributed by atoms with E-state index in [0.717, 1.165) is 22.8 Å². The minimum atomic E-state index is -0.262. The van der Waals surface area contributed by atoms with Crippen molar-refractivity contribution in [1.82, 2.24) is 19.8 Å². The number of hydrogen-bond donors (Lipinski definition) is 1. The highest BCUT2D eigenvalue weighted by Gasteiger charge is 2.41. The summed E-state index contributed by atoms with van der Waals surface area (Å²) in [5.41, 5.74) is 4.16. The highest BCUT2D eigenvalue weighted by molar-refractivity contribution is 7.80. The van der Waals surface area contributed by atoms with Crippen LogP contribution in [-0.2, 0) is 9.53 Å². The fourth-order valence-corrected chi connectivity index (χ4v) is 4.40. The number of hydrogen-bond acceptors (Lipinski definition) is 5. The highest BCUT2D eigenvalue weighted by atomic mass is 32.1. The fraction of sp³-hybridized carbons (Fsp3) is 0.292. The van der Waals surface area contributed by atoms with Gasteiger partial charge in [0.2, 0.25) is 0 Å². The Labute approximate surface area is 193 Å². The molecule has 32 heavy (non-hydrogen) atoms. The predicted octanol–water partition coefficient (Wildman–Crippen LogP) is 3.47. The van der Waals surface area contributed by atoms with Crippen molar-refractivity contribution in [3.8, 4) is 5.69 Å². The van der Waals surface area contributed by atoms with Crippen LogP contribution in [-0.4, -0.2) is 53.3 Å². The van der Waals surface area contributed by atoms with Crippen molar-refractivity contribution in [2.75, 3.05) is 32.6 Å². The molecule has 1 fully saturated rings. The molecule has 0 spiro atoms. The van der Waals surface area contributed by atoms with E-state index in [9.17, 15) is 4.79 Å². The van der Waals surface area contributed by atoms with Gasteiger partial charge < -0.3 is 24.4 Å². The van der Waals surface area contributed by atoms with Gasteiger partial charge in [-0.05, 0) is 60.7 Å². The van der Waals surface area contributed by atoms with Gasteiger partial charge >= 0.3 is 5.97 Å². The van der Waals surface area contributed by atoms with Crippen molar-refractivity contribution in [3.05, 3.63) is 78.4 Å². The number of esters is 1. The summed E-state index contributed by atoms with van der Waals surface area (Å²) in [4.78, 5) is 20.6. The second-order valence-corrected chi connectivity index (χ2v) is 8.25. The number of nitrogens with one attached hydrogen (secondary N) is 1. The number of methoxy groups -OCH3 is 1. The van der Waals surface area contributed by atoms with Gasteiger partial charge in [0.05, 0.1) is 31.3 Å². The Bertz CT molecular complexity index is 1080. The molecule has 1 aromatic carbocycles. The molecule has 1 aliphatic rings. The topological polar surface area (TPSA) is 62.6 Å². The van der Waals surface area contributed by atoms with Gasteiger partial charge in [0.25, 0.3) is 0 Å². The quantitative estimate of drug-likeness (QED) is 0.438. The van der Waals surface area contributed by atoms with Gasteiger partial charge in [0, 0.05) is 50.1 Å². The summed E-state index contributed by atoms with van der Waals surface area (Å²) >= 11 is 5.68. The summed E-state index contributed by atoms with van der Waals surface area (Å²) in [5.74, 6) is -0.262. The standard InChI is InChI=1S/C24H27N5O2S/c1-27(2)17-9-11-18(12-10-17)28-15-6-8-20(28)23-22(19-7-4-5-14-25-19)26-24(32)29(23)16-13-21(30)31-3/h4-12,14-15,22-23H,13,16H2,1-3H3,(H,26,32)/t22-,23+/m1/s1. The van der Waals surface area contributed by atoms with E-state index in [1.54, 1.807) is 6.20 Å². The Hall–Kier alpha value is -3.39. The lowest BCUT2D eigenvalue weighted by atomic mass is 10.0. The molecule has 4 rings (SSSR count). The van der Waals surface area contributed by atoms with E-state index in [-0.39, 0.29) is 24.5 Å². The van der Waals surface area contributed by atoms with Crippen molar-refractivity contribution >= 4 is 29.0 Å². The highest BCUT2D eigenvalue weighted by Crippen LogP contribution is 2.39. The largest absolute Gasteiger partial charge is 0.469 e. The number of nitrogens with zero attached hydrogens (tertiary/aromatic N) is 4. The molecule has 1 N–H and O–H groups in total. The third kappa shape index (κ3) is 4.31. The number of anilines is 1. The zero-order chi connectivity index (χ0) is 22.7. The van der Waals surface area contributed by atoms with Crippen LogP contribution in [0.4, 0.5) is 5.69 Å². The molecule has 2 aromatic heterocycles. The van der Waals surface area contributed by atoms with E-state index in [1.165, 1.54) is 7.11 Å². The molecule has 1 saturated heterocycles. The smallest absolute Gasteiger partial charge is 0.307 e. The molecule has 0 unspecified atom stereocenters. The molecule has 0 saturated carbocycles. The molecule has 0 bridgehead atoms. The summed E-state index contributed by atoms with van der Waals surface area (Å²) < 4.78 is 7.02. The van der Waals surface area contributed by atoms with E-state index in [1.807, 2.05) is 38.4 Å². The maximum absolute atomic E-state index is 11.9. The second kappa shape index (κ2) is 9.40. The molecule has 166 valence electrons. The van der Waals surface area contributed by atoms with Crippen molar-refractivity contribution in [1.29, 1.82) is 0 Å². The van der Waals surface area contributed by atoms with Crippen LogP contribution >= 0.6 is 12.2 Å². The van der Waals surface area contributed by atoms with Crippen LogP contribution < -0.4 is 10.2 Å². The first-order chi connectivity index (χ1) is 15.5. The summed E-state index contributed by atoms with van der Waals surface area (Å²) in [6, 6.07) is 18.1. The monoisotopic (exact) mass is 449 g/mol. The fourth-order valence-electron chi connectivity index (χ4n) is 4.06. The zero-order valence-electron chi connectivity index (χ0n) is 18.4. The first-order valence-corrected chi connectivity index (χ1v) is 10.9. The number of benzene rings is 1. The molecule has 3 aromatic rings. The van der Waals surface area contributed by atoms with Crippen molar-refractivity contribution in [2.24, 2.45) is 0 Å². The number of thiocarbonyl (C=S) groups is 1. The van der Waals surface area contributed by atoms with E-state index in [2.05, 4.69) is 61.2 Å². The average molecular weight is 450 g/mol. The van der Waals surface area contributed by atoms with Crippen molar-refractivity contribution < 1.29 is 9.53 Å². The van der Waals surface area contributed by atoms with Gasteiger partial charge in [0.1, 0.15) is 0 Å². The number of aromatic nitrogens is 2. The molecule has 8 heteroatoms. The lowest BCUT2D eigenvalue weighted by molar-refractivity contribution is -0.140. The number of rotatable bonds is 7. The summed E-state index contributed by atoms with van der Waals surface area (Å²) in [6.07, 6.45) is 4.09. The van der Waals surface area contributed by atoms with Crippen molar-refractivity contribution in [2.45, 2.75) is 18.5 Å². The van der Waals surface area contributed by atoms with Crippen LogP contribution in [0, 0.1) is 0 Å². The molecule has 1 aliphatic heterocycles. The van der Waals surface area contributed by atoms with Crippen LogP contribution in [0.1, 0.15) is 29.9 Å². The van der Waals surface area contributed by atoms with Crippen LogP contribution in [0.5, 0.6) is 0 Å². The third-order valence-electron chi connectivity index (χ3n) is 5.71. The first-order valence-electron chi connectivity index (χ1n) is 10.5. The van der Waals surface area contributed by atoms with E-state index in [0.29, 0.717) is 11.7 Å². The van der Waals surface area contributed by atoms with Crippen LogP contribution in [0.3, 0.4) is 0 Å². The van der Waals surface area contributed by atoms with Gasteiger partial charge in [-0.15, -0.1) is 0 Å². The number of pyridine rings is 1. The molecule has 3 heterocycles. The van der Waals surface area contributed by atoms with Gasteiger partial charge in [-0.2, -0.15) is 0 Å². The third-order valence-corrected chi connectivity index (χ3v) is 6.06. The minimum absolute atomic E-state index is 0.134. The number of carbonyl (C=O) groups excluding carboxylic acids is 1. The summed E-state index contributed by atoms with van der Waals surface area (Å²) in [7, 11) is 5.45. The lowest BCUT2D eigenvalue weighted by Gasteiger charge is -2.28. The summed E-state index contributed by atoms with van der Waals surface area (Å²) in [6.45, 7) is 0.456. The number of ether oxygens (including phenoxy) is 1. The SMILES string of the molecule is COC(=O)CCN1C(=S)N[C@H](c2ccccn2)[C@@H]1c1cccn1-c1ccc(N(C)C)cc1. The Morgan fingerprint density at radius 3 is 2.59 bits per heavy atom.